The van der Waals surface area contributed by atoms with E-state index in [1.807, 2.05) is 6.92 Å². The lowest BCUT2D eigenvalue weighted by Crippen LogP contribution is -2.34. The molecule has 0 unspecified atom stereocenters. The van der Waals surface area contributed by atoms with E-state index in [0.717, 1.165) is 30.3 Å². The van der Waals surface area contributed by atoms with E-state index < -0.39 is 0 Å². The van der Waals surface area contributed by atoms with Crippen molar-refractivity contribution in [2.24, 2.45) is 0 Å². The molecule has 0 radical (unpaired) electrons. The molecular weight excluding hydrogens is 224 g/mol. The first-order chi connectivity index (χ1) is 8.20. The minimum absolute atomic E-state index is 0.0640. The van der Waals surface area contributed by atoms with Crippen LogP contribution in [0.5, 0.6) is 5.75 Å². The molecule has 18 heavy (non-hydrogen) atoms. The molecule has 0 fully saturated rings. The van der Waals surface area contributed by atoms with Crippen LogP contribution in [-0.4, -0.2) is 11.4 Å². The summed E-state index contributed by atoms with van der Waals surface area (Å²) < 4.78 is 0. The minimum atomic E-state index is -0.0691. The van der Waals surface area contributed by atoms with Crippen molar-refractivity contribution in [3.63, 3.8) is 0 Å². The van der Waals surface area contributed by atoms with Gasteiger partial charge in [-0.05, 0) is 41.7 Å². The van der Waals surface area contributed by atoms with Gasteiger partial charge in [-0.25, -0.2) is 0 Å². The number of aromatic hydroxyl groups is 1. The number of hydrogen-bond acceptors (Lipinski definition) is 2. The number of phenols is 1. The SMILES string of the molecule is Cc1cc2c(c(O)c1C=O)C(C)(C)CCC2(C)C. The molecule has 98 valence electrons. The molecular formula is C16H22O2. The summed E-state index contributed by atoms with van der Waals surface area (Å²) in [7, 11) is 0. The lowest BCUT2D eigenvalue weighted by molar-refractivity contribution is 0.112. The maximum Gasteiger partial charge on any atom is 0.154 e. The first-order valence-electron chi connectivity index (χ1n) is 6.53. The second-order valence-electron chi connectivity index (χ2n) is 6.76. The smallest absolute Gasteiger partial charge is 0.154 e. The number of fused-ring (bicyclic) bond motifs is 1. The zero-order valence-corrected chi connectivity index (χ0v) is 11.9. The molecule has 0 aromatic heterocycles. The maximum absolute atomic E-state index is 11.1. The Bertz CT molecular complexity index is 510. The fraction of sp³-hybridized carbons (Fsp3) is 0.562. The predicted octanol–water partition coefficient (Wildman–Crippen LogP) is 3.86. The van der Waals surface area contributed by atoms with Crippen molar-refractivity contribution < 1.29 is 9.90 Å². The van der Waals surface area contributed by atoms with E-state index in [2.05, 4.69) is 33.8 Å². The highest BCUT2D eigenvalue weighted by Gasteiger charge is 2.40. The molecule has 1 aromatic rings. The van der Waals surface area contributed by atoms with E-state index in [1.165, 1.54) is 5.56 Å². The first-order valence-corrected chi connectivity index (χ1v) is 6.53. The van der Waals surface area contributed by atoms with Crippen LogP contribution in [-0.2, 0) is 10.8 Å². The number of hydrogen-bond donors (Lipinski definition) is 1. The fourth-order valence-corrected chi connectivity index (χ4v) is 3.07. The van der Waals surface area contributed by atoms with Gasteiger partial charge >= 0.3 is 0 Å². The molecule has 0 amide bonds. The Morgan fingerprint density at radius 2 is 1.72 bits per heavy atom. The molecule has 1 aliphatic carbocycles. The topological polar surface area (TPSA) is 37.3 Å². The minimum Gasteiger partial charge on any atom is -0.507 e. The zero-order valence-electron chi connectivity index (χ0n) is 11.9. The Morgan fingerprint density at radius 3 is 2.28 bits per heavy atom. The van der Waals surface area contributed by atoms with Crippen molar-refractivity contribution in [3.8, 4) is 5.75 Å². The number of phenolic OH excluding ortho intramolecular Hbond substituents is 1. The van der Waals surface area contributed by atoms with E-state index in [4.69, 9.17) is 0 Å². The molecule has 1 N–H and O–H groups in total. The highest BCUT2D eigenvalue weighted by Crippen LogP contribution is 2.50. The van der Waals surface area contributed by atoms with Gasteiger partial charge in [0.25, 0.3) is 0 Å². The van der Waals surface area contributed by atoms with Crippen LogP contribution in [0.1, 0.15) is 67.6 Å². The summed E-state index contributed by atoms with van der Waals surface area (Å²) in [6.45, 7) is 10.6. The van der Waals surface area contributed by atoms with Gasteiger partial charge in [-0.15, -0.1) is 0 Å². The van der Waals surface area contributed by atoms with Crippen molar-refractivity contribution in [1.29, 1.82) is 0 Å². The van der Waals surface area contributed by atoms with Crippen LogP contribution in [0.2, 0.25) is 0 Å². The van der Waals surface area contributed by atoms with Gasteiger partial charge in [0.2, 0.25) is 0 Å². The molecule has 2 heteroatoms. The predicted molar refractivity (Wildman–Crippen MR) is 73.5 cm³/mol. The van der Waals surface area contributed by atoms with Crippen molar-refractivity contribution in [3.05, 3.63) is 28.3 Å². The van der Waals surface area contributed by atoms with E-state index in [1.54, 1.807) is 0 Å². The molecule has 0 heterocycles. The normalized spacial score (nSPS) is 20.3. The van der Waals surface area contributed by atoms with E-state index >= 15 is 0 Å². The Morgan fingerprint density at radius 1 is 1.17 bits per heavy atom. The van der Waals surface area contributed by atoms with E-state index in [0.29, 0.717) is 5.56 Å². The quantitative estimate of drug-likeness (QED) is 0.764. The van der Waals surface area contributed by atoms with Crippen LogP contribution < -0.4 is 0 Å². The van der Waals surface area contributed by atoms with Gasteiger partial charge in [0.15, 0.2) is 6.29 Å². The van der Waals surface area contributed by atoms with Crippen molar-refractivity contribution in [1.82, 2.24) is 0 Å². The average Bonchev–Trinajstić information content (AvgIpc) is 2.24. The number of carbonyl (C=O) groups is 1. The fourth-order valence-electron chi connectivity index (χ4n) is 3.07. The summed E-state index contributed by atoms with van der Waals surface area (Å²) in [6.07, 6.45) is 2.90. The Labute approximate surface area is 109 Å². The molecule has 1 aromatic carbocycles. The Balaban J connectivity index is 2.84. The second-order valence-corrected chi connectivity index (χ2v) is 6.76. The van der Waals surface area contributed by atoms with Crippen LogP contribution in [0, 0.1) is 6.92 Å². The summed E-state index contributed by atoms with van der Waals surface area (Å²) in [6, 6.07) is 2.08. The molecule has 0 saturated heterocycles. The van der Waals surface area contributed by atoms with Crippen LogP contribution in [0.25, 0.3) is 0 Å². The molecule has 0 bridgehead atoms. The highest BCUT2D eigenvalue weighted by molar-refractivity contribution is 5.83. The molecule has 0 saturated carbocycles. The number of carbonyl (C=O) groups excluding carboxylic acids is 1. The van der Waals surface area contributed by atoms with Crippen molar-refractivity contribution >= 4 is 6.29 Å². The summed E-state index contributed by atoms with van der Waals surface area (Å²) >= 11 is 0. The van der Waals surface area contributed by atoms with Gasteiger partial charge < -0.3 is 5.11 Å². The van der Waals surface area contributed by atoms with Gasteiger partial charge in [0.05, 0.1) is 5.56 Å². The van der Waals surface area contributed by atoms with Crippen LogP contribution in [0.4, 0.5) is 0 Å². The summed E-state index contributed by atoms with van der Waals surface area (Å²) in [5.74, 6) is 0.192. The summed E-state index contributed by atoms with van der Waals surface area (Å²) in [5, 5.41) is 10.5. The molecule has 0 aliphatic heterocycles. The molecule has 0 spiro atoms. The second kappa shape index (κ2) is 3.84. The third kappa shape index (κ3) is 1.75. The standard InChI is InChI=1S/C16H22O2/c1-10-8-12-13(14(18)11(10)9-17)16(4,5)7-6-15(12,2)3/h8-9,18H,6-7H2,1-5H3. The maximum atomic E-state index is 11.1. The lowest BCUT2D eigenvalue weighted by Gasteiger charge is -2.42. The largest absolute Gasteiger partial charge is 0.507 e. The highest BCUT2D eigenvalue weighted by atomic mass is 16.3. The molecule has 0 atom stereocenters. The van der Waals surface area contributed by atoms with Crippen LogP contribution >= 0.6 is 0 Å². The van der Waals surface area contributed by atoms with Gasteiger partial charge in [-0.1, -0.05) is 33.8 Å². The third-order valence-corrected chi connectivity index (χ3v) is 4.45. The monoisotopic (exact) mass is 246 g/mol. The summed E-state index contributed by atoms with van der Waals surface area (Å²) in [5.41, 5.74) is 3.46. The Kier molecular flexibility index (Phi) is 2.80. The van der Waals surface area contributed by atoms with Crippen LogP contribution in [0.3, 0.4) is 0 Å². The Hall–Kier alpha value is -1.31. The average molecular weight is 246 g/mol. The van der Waals surface area contributed by atoms with Gasteiger partial charge in [0.1, 0.15) is 5.75 Å². The number of aryl methyl sites for hydroxylation is 1. The van der Waals surface area contributed by atoms with Crippen molar-refractivity contribution in [2.75, 3.05) is 0 Å². The van der Waals surface area contributed by atoms with Gasteiger partial charge in [0, 0.05) is 5.56 Å². The van der Waals surface area contributed by atoms with Gasteiger partial charge in [-0.2, -0.15) is 0 Å². The lowest BCUT2D eigenvalue weighted by atomic mass is 9.62. The van der Waals surface area contributed by atoms with Crippen LogP contribution in [0.15, 0.2) is 6.07 Å². The molecule has 1 aliphatic rings. The first kappa shape index (κ1) is 13.1. The number of benzene rings is 1. The van der Waals surface area contributed by atoms with E-state index in [-0.39, 0.29) is 16.6 Å². The molecule has 2 rings (SSSR count). The van der Waals surface area contributed by atoms with E-state index in [9.17, 15) is 9.90 Å². The molecule has 2 nitrogen and oxygen atoms in total. The van der Waals surface area contributed by atoms with Crippen molar-refractivity contribution in [2.45, 2.75) is 58.3 Å². The summed E-state index contributed by atoms with van der Waals surface area (Å²) in [4.78, 5) is 11.1. The van der Waals surface area contributed by atoms with Gasteiger partial charge in [-0.3, -0.25) is 4.79 Å². The zero-order chi connectivity index (χ0) is 13.7. The third-order valence-electron chi connectivity index (χ3n) is 4.45. The number of rotatable bonds is 1. The number of aldehydes is 1.